The van der Waals surface area contributed by atoms with E-state index in [2.05, 4.69) is 25.1 Å². The van der Waals surface area contributed by atoms with Crippen LogP contribution in [0.5, 0.6) is 6.01 Å². The molecule has 3 heterocycles. The summed E-state index contributed by atoms with van der Waals surface area (Å²) in [6.07, 6.45) is -2.54. The molecular formula is C16H11F6N7O2. The summed E-state index contributed by atoms with van der Waals surface area (Å²) in [5, 5.41) is 7.16. The zero-order chi connectivity index (χ0) is 22.8. The molecule has 0 fully saturated rings. The first-order valence-corrected chi connectivity index (χ1v) is 8.16. The fraction of sp³-hybridized carbons (Fsp3) is 0.188. The Labute approximate surface area is 169 Å². The van der Waals surface area contributed by atoms with Gasteiger partial charge in [-0.05, 0) is 6.07 Å². The van der Waals surface area contributed by atoms with Crippen molar-refractivity contribution in [2.75, 3.05) is 17.3 Å². The highest BCUT2D eigenvalue weighted by atomic mass is 19.4. The van der Waals surface area contributed by atoms with Crippen LogP contribution in [0, 0.1) is 17.6 Å². The molecule has 3 rings (SSSR count). The average Bonchev–Trinajstić information content (AvgIpc) is 3.19. The standard InChI is InChI=1S/C16H11F6N7O2/c1-31-14-23-4-8(5-24-14)29(6-7-2-11(28-27-7)16(20,21)22)15(30)26-13-10(18)3-9(17)12(19)25-13/h2-5H,6H2,1H3,(H,27,28)(H,25,26,30). The van der Waals surface area contributed by atoms with Gasteiger partial charge in [-0.3, -0.25) is 15.3 Å². The Morgan fingerprint density at radius 3 is 2.42 bits per heavy atom. The van der Waals surface area contributed by atoms with Crippen LogP contribution in [0.4, 0.5) is 42.6 Å². The van der Waals surface area contributed by atoms with Gasteiger partial charge in [0.15, 0.2) is 23.1 Å². The summed E-state index contributed by atoms with van der Waals surface area (Å²) < 4.78 is 83.3. The molecule has 0 atom stereocenters. The Balaban J connectivity index is 1.92. The van der Waals surface area contributed by atoms with Crippen LogP contribution in [0.15, 0.2) is 24.5 Å². The molecule has 164 valence electrons. The van der Waals surface area contributed by atoms with Gasteiger partial charge in [0.25, 0.3) is 5.95 Å². The summed E-state index contributed by atoms with van der Waals surface area (Å²) in [6, 6.07) is -0.405. The van der Waals surface area contributed by atoms with Gasteiger partial charge < -0.3 is 4.74 Å². The molecule has 15 heteroatoms. The lowest BCUT2D eigenvalue weighted by Crippen LogP contribution is -2.35. The lowest BCUT2D eigenvalue weighted by Gasteiger charge is -2.22. The van der Waals surface area contributed by atoms with E-state index in [0.29, 0.717) is 6.07 Å². The number of methoxy groups -OCH3 is 1. The Morgan fingerprint density at radius 2 is 1.84 bits per heavy atom. The van der Waals surface area contributed by atoms with Crippen LogP contribution in [0.3, 0.4) is 0 Å². The van der Waals surface area contributed by atoms with E-state index in [-0.39, 0.29) is 23.5 Å². The predicted octanol–water partition coefficient (Wildman–Crippen LogP) is 3.28. The molecule has 0 saturated carbocycles. The quantitative estimate of drug-likeness (QED) is 0.459. The number of hydrogen-bond donors (Lipinski definition) is 2. The summed E-state index contributed by atoms with van der Waals surface area (Å²) in [7, 11) is 1.28. The number of urea groups is 1. The number of aromatic amines is 1. The minimum Gasteiger partial charge on any atom is -0.467 e. The lowest BCUT2D eigenvalue weighted by molar-refractivity contribution is -0.141. The minimum atomic E-state index is -4.73. The normalized spacial score (nSPS) is 11.3. The van der Waals surface area contributed by atoms with Gasteiger partial charge in [0.2, 0.25) is 0 Å². The van der Waals surface area contributed by atoms with Crippen molar-refractivity contribution in [3.8, 4) is 6.01 Å². The van der Waals surface area contributed by atoms with Gasteiger partial charge >= 0.3 is 18.2 Å². The van der Waals surface area contributed by atoms with Gasteiger partial charge in [-0.25, -0.2) is 23.5 Å². The van der Waals surface area contributed by atoms with Gasteiger partial charge in [0.05, 0.1) is 37.4 Å². The van der Waals surface area contributed by atoms with Crippen LogP contribution in [0.2, 0.25) is 0 Å². The molecule has 3 aromatic heterocycles. The van der Waals surface area contributed by atoms with E-state index < -0.39 is 47.8 Å². The number of hydrogen-bond acceptors (Lipinski definition) is 6. The fourth-order valence-electron chi connectivity index (χ4n) is 2.29. The number of halogens is 6. The number of alkyl halides is 3. The third kappa shape index (κ3) is 4.99. The van der Waals surface area contributed by atoms with Crippen LogP contribution in [-0.4, -0.2) is 38.3 Å². The number of carbonyl (C=O) groups is 1. The van der Waals surface area contributed by atoms with E-state index in [0.717, 1.165) is 17.3 Å². The van der Waals surface area contributed by atoms with E-state index >= 15 is 0 Å². The maximum atomic E-state index is 13.8. The van der Waals surface area contributed by atoms with Gasteiger partial charge in [-0.1, -0.05) is 0 Å². The number of anilines is 2. The maximum Gasteiger partial charge on any atom is 0.435 e. The minimum absolute atomic E-state index is 0.0514. The van der Waals surface area contributed by atoms with Crippen LogP contribution in [0.1, 0.15) is 11.4 Å². The second-order valence-corrected chi connectivity index (χ2v) is 5.81. The van der Waals surface area contributed by atoms with E-state index in [9.17, 15) is 31.1 Å². The molecule has 0 bridgehead atoms. The first kappa shape index (κ1) is 21.8. The van der Waals surface area contributed by atoms with Crippen molar-refractivity contribution in [3.05, 3.63) is 53.5 Å². The molecule has 0 spiro atoms. The number of nitrogens with one attached hydrogen (secondary N) is 2. The van der Waals surface area contributed by atoms with Crippen molar-refractivity contribution < 1.29 is 35.9 Å². The summed E-state index contributed by atoms with van der Waals surface area (Å²) in [6.45, 7) is -0.532. The van der Waals surface area contributed by atoms with Crippen LogP contribution in [-0.2, 0) is 12.7 Å². The number of amides is 2. The van der Waals surface area contributed by atoms with Crippen molar-refractivity contribution >= 4 is 17.5 Å². The maximum absolute atomic E-state index is 13.8. The summed E-state index contributed by atoms with van der Waals surface area (Å²) in [5.74, 6) is -5.56. The molecule has 2 N–H and O–H groups in total. The molecule has 0 unspecified atom stereocenters. The smallest absolute Gasteiger partial charge is 0.435 e. The number of pyridine rings is 1. The number of H-pyrrole nitrogens is 1. The van der Waals surface area contributed by atoms with Crippen molar-refractivity contribution in [2.24, 2.45) is 0 Å². The van der Waals surface area contributed by atoms with Crippen LogP contribution >= 0.6 is 0 Å². The molecule has 0 saturated heterocycles. The lowest BCUT2D eigenvalue weighted by atomic mass is 10.3. The average molecular weight is 447 g/mol. The highest BCUT2D eigenvalue weighted by Gasteiger charge is 2.34. The molecule has 2 amide bonds. The van der Waals surface area contributed by atoms with Gasteiger partial charge in [0, 0.05) is 6.07 Å². The van der Waals surface area contributed by atoms with Gasteiger partial charge in [-0.2, -0.15) is 27.6 Å². The van der Waals surface area contributed by atoms with Crippen molar-refractivity contribution in [1.82, 2.24) is 25.1 Å². The third-order valence-electron chi connectivity index (χ3n) is 3.72. The molecule has 0 aliphatic rings. The van der Waals surface area contributed by atoms with Crippen LogP contribution in [0.25, 0.3) is 0 Å². The number of nitrogens with zero attached hydrogens (tertiary/aromatic N) is 5. The second-order valence-electron chi connectivity index (χ2n) is 5.81. The number of ether oxygens (including phenoxy) is 1. The zero-order valence-corrected chi connectivity index (χ0v) is 15.3. The number of aromatic nitrogens is 5. The Kier molecular flexibility index (Phi) is 5.94. The van der Waals surface area contributed by atoms with E-state index in [4.69, 9.17) is 4.74 Å². The van der Waals surface area contributed by atoms with Crippen LogP contribution < -0.4 is 15.0 Å². The SMILES string of the molecule is COc1ncc(N(Cc2cc(C(F)(F)F)n[nH]2)C(=O)Nc2nc(F)c(F)cc2F)cn1. The number of rotatable bonds is 5. The molecule has 9 nitrogen and oxygen atoms in total. The monoisotopic (exact) mass is 447 g/mol. The number of carbonyl (C=O) groups excluding carboxylic acids is 1. The molecule has 0 radical (unpaired) electrons. The molecule has 0 aromatic carbocycles. The van der Waals surface area contributed by atoms with Crippen molar-refractivity contribution in [3.63, 3.8) is 0 Å². The Morgan fingerprint density at radius 1 is 1.16 bits per heavy atom. The highest BCUT2D eigenvalue weighted by Crippen LogP contribution is 2.28. The Hall–Kier alpha value is -3.91. The van der Waals surface area contributed by atoms with Crippen molar-refractivity contribution in [2.45, 2.75) is 12.7 Å². The predicted molar refractivity (Wildman–Crippen MR) is 91.5 cm³/mol. The highest BCUT2D eigenvalue weighted by molar-refractivity contribution is 6.00. The second kappa shape index (κ2) is 8.45. The third-order valence-corrected chi connectivity index (χ3v) is 3.72. The topological polar surface area (TPSA) is 109 Å². The van der Waals surface area contributed by atoms with E-state index in [1.165, 1.54) is 7.11 Å². The molecule has 0 aliphatic heterocycles. The molecular weight excluding hydrogens is 436 g/mol. The molecule has 31 heavy (non-hydrogen) atoms. The fourth-order valence-corrected chi connectivity index (χ4v) is 2.29. The summed E-state index contributed by atoms with van der Waals surface area (Å²) in [5.41, 5.74) is -1.44. The zero-order valence-electron chi connectivity index (χ0n) is 15.3. The van der Waals surface area contributed by atoms with E-state index in [1.54, 1.807) is 0 Å². The molecule has 3 aromatic rings. The first-order chi connectivity index (χ1) is 14.6. The Bertz CT molecular complexity index is 1090. The van der Waals surface area contributed by atoms with E-state index in [1.807, 2.05) is 5.32 Å². The van der Waals surface area contributed by atoms with Gasteiger partial charge in [-0.15, -0.1) is 0 Å². The molecule has 0 aliphatic carbocycles. The summed E-state index contributed by atoms with van der Waals surface area (Å²) in [4.78, 5) is 24.0. The first-order valence-electron chi connectivity index (χ1n) is 8.16. The largest absolute Gasteiger partial charge is 0.467 e. The summed E-state index contributed by atoms with van der Waals surface area (Å²) >= 11 is 0. The van der Waals surface area contributed by atoms with Gasteiger partial charge in [0.1, 0.15) is 0 Å². The van der Waals surface area contributed by atoms with Crippen molar-refractivity contribution in [1.29, 1.82) is 0 Å².